The SMILES string of the molecule is COc1c(Cl)ccc(C2(CN)CC2)c1O. The Balaban J connectivity index is 2.50. The topological polar surface area (TPSA) is 55.5 Å². The number of ether oxygens (including phenoxy) is 1. The lowest BCUT2D eigenvalue weighted by molar-refractivity contribution is 0.368. The fourth-order valence-corrected chi connectivity index (χ4v) is 2.13. The minimum Gasteiger partial charge on any atom is -0.504 e. The highest BCUT2D eigenvalue weighted by atomic mass is 35.5. The molecule has 3 N–H and O–H groups in total. The Morgan fingerprint density at radius 1 is 1.53 bits per heavy atom. The molecule has 0 heterocycles. The summed E-state index contributed by atoms with van der Waals surface area (Å²) in [7, 11) is 1.49. The lowest BCUT2D eigenvalue weighted by Gasteiger charge is -2.17. The molecule has 4 heteroatoms. The first-order chi connectivity index (χ1) is 7.14. The minimum atomic E-state index is -0.0536. The first-order valence-electron chi connectivity index (χ1n) is 4.90. The van der Waals surface area contributed by atoms with Crippen LogP contribution in [0.5, 0.6) is 11.5 Å². The number of aromatic hydroxyl groups is 1. The first-order valence-corrected chi connectivity index (χ1v) is 5.28. The second kappa shape index (κ2) is 3.58. The van der Waals surface area contributed by atoms with Crippen molar-refractivity contribution in [1.82, 2.24) is 0 Å². The molecule has 2 rings (SSSR count). The van der Waals surface area contributed by atoms with E-state index in [0.29, 0.717) is 17.3 Å². The molecule has 0 aliphatic heterocycles. The molecule has 1 aliphatic rings. The molecule has 0 unspecified atom stereocenters. The van der Waals surface area contributed by atoms with Gasteiger partial charge in [-0.15, -0.1) is 0 Å². The Morgan fingerprint density at radius 2 is 2.20 bits per heavy atom. The van der Waals surface area contributed by atoms with Gasteiger partial charge in [-0.25, -0.2) is 0 Å². The summed E-state index contributed by atoms with van der Waals surface area (Å²) in [4.78, 5) is 0. The zero-order valence-electron chi connectivity index (χ0n) is 8.59. The second-order valence-electron chi connectivity index (χ2n) is 3.96. The van der Waals surface area contributed by atoms with Crippen LogP contribution in [0.4, 0.5) is 0 Å². The van der Waals surface area contributed by atoms with Crippen LogP contribution in [-0.2, 0) is 5.41 Å². The van der Waals surface area contributed by atoms with Crippen molar-refractivity contribution in [2.24, 2.45) is 5.73 Å². The molecule has 0 saturated heterocycles. The highest BCUT2D eigenvalue weighted by molar-refractivity contribution is 6.32. The summed E-state index contributed by atoms with van der Waals surface area (Å²) in [6.07, 6.45) is 2.03. The van der Waals surface area contributed by atoms with Gasteiger partial charge in [-0.05, 0) is 18.9 Å². The quantitative estimate of drug-likeness (QED) is 0.831. The molecule has 1 fully saturated rings. The van der Waals surface area contributed by atoms with Gasteiger partial charge in [-0.2, -0.15) is 0 Å². The maximum atomic E-state index is 10.0. The summed E-state index contributed by atoms with van der Waals surface area (Å²) < 4.78 is 5.06. The van der Waals surface area contributed by atoms with Crippen LogP contribution in [0.1, 0.15) is 18.4 Å². The summed E-state index contributed by atoms with van der Waals surface area (Å²) in [5.74, 6) is 0.474. The lowest BCUT2D eigenvalue weighted by atomic mass is 9.95. The molecule has 3 nitrogen and oxygen atoms in total. The molecular formula is C11H14ClNO2. The average molecular weight is 228 g/mol. The Morgan fingerprint density at radius 3 is 2.67 bits per heavy atom. The summed E-state index contributed by atoms with van der Waals surface area (Å²) in [6.45, 7) is 0.547. The van der Waals surface area contributed by atoms with Gasteiger partial charge in [0.25, 0.3) is 0 Å². The van der Waals surface area contributed by atoms with Gasteiger partial charge in [-0.1, -0.05) is 17.7 Å². The average Bonchev–Trinajstić information content (AvgIpc) is 2.99. The van der Waals surface area contributed by atoms with Crippen molar-refractivity contribution in [1.29, 1.82) is 0 Å². The van der Waals surface area contributed by atoms with Gasteiger partial charge >= 0.3 is 0 Å². The van der Waals surface area contributed by atoms with Gasteiger partial charge in [0.15, 0.2) is 11.5 Å². The summed E-state index contributed by atoms with van der Waals surface area (Å²) in [5.41, 5.74) is 6.51. The van der Waals surface area contributed by atoms with Gasteiger partial charge in [-0.3, -0.25) is 0 Å². The predicted molar refractivity (Wildman–Crippen MR) is 59.6 cm³/mol. The number of benzene rings is 1. The zero-order valence-corrected chi connectivity index (χ0v) is 9.34. The molecule has 0 radical (unpaired) electrons. The number of nitrogens with two attached hydrogens (primary N) is 1. The lowest BCUT2D eigenvalue weighted by Crippen LogP contribution is -2.19. The zero-order chi connectivity index (χ0) is 11.1. The third kappa shape index (κ3) is 1.56. The van der Waals surface area contributed by atoms with E-state index in [9.17, 15) is 5.11 Å². The van der Waals surface area contributed by atoms with Crippen LogP contribution >= 0.6 is 11.6 Å². The third-order valence-corrected chi connectivity index (χ3v) is 3.40. The molecular weight excluding hydrogens is 214 g/mol. The molecule has 82 valence electrons. The van der Waals surface area contributed by atoms with Crippen LogP contribution in [0.2, 0.25) is 5.02 Å². The number of hydrogen-bond donors (Lipinski definition) is 2. The summed E-state index contributed by atoms with van der Waals surface area (Å²) >= 11 is 5.90. The van der Waals surface area contributed by atoms with E-state index in [1.165, 1.54) is 7.11 Å². The fourth-order valence-electron chi connectivity index (χ4n) is 1.90. The van der Waals surface area contributed by atoms with Crippen molar-refractivity contribution in [3.05, 3.63) is 22.7 Å². The fraction of sp³-hybridized carbons (Fsp3) is 0.455. The number of methoxy groups -OCH3 is 1. The number of rotatable bonds is 3. The van der Waals surface area contributed by atoms with E-state index in [1.807, 2.05) is 6.07 Å². The van der Waals surface area contributed by atoms with Crippen LogP contribution < -0.4 is 10.5 Å². The molecule has 0 bridgehead atoms. The standard InChI is InChI=1S/C11H14ClNO2/c1-15-10-8(12)3-2-7(9(10)14)11(6-13)4-5-11/h2-3,14H,4-6,13H2,1H3. The van der Waals surface area contributed by atoms with Crippen LogP contribution in [-0.4, -0.2) is 18.8 Å². The normalized spacial score (nSPS) is 17.5. The number of phenols is 1. The molecule has 0 aromatic heterocycles. The number of phenolic OH excluding ortho intramolecular Hbond substituents is 1. The molecule has 1 aromatic rings. The molecule has 1 aromatic carbocycles. The molecule has 0 spiro atoms. The highest BCUT2D eigenvalue weighted by Crippen LogP contribution is 2.53. The summed E-state index contributed by atoms with van der Waals surface area (Å²) in [6, 6.07) is 3.57. The van der Waals surface area contributed by atoms with E-state index in [4.69, 9.17) is 22.1 Å². The van der Waals surface area contributed by atoms with E-state index in [1.54, 1.807) is 6.07 Å². The largest absolute Gasteiger partial charge is 0.504 e. The van der Waals surface area contributed by atoms with E-state index < -0.39 is 0 Å². The van der Waals surface area contributed by atoms with E-state index in [0.717, 1.165) is 18.4 Å². The van der Waals surface area contributed by atoms with E-state index in [2.05, 4.69) is 0 Å². The van der Waals surface area contributed by atoms with Crippen LogP contribution in [0.25, 0.3) is 0 Å². The van der Waals surface area contributed by atoms with Crippen molar-refractivity contribution in [3.63, 3.8) is 0 Å². The van der Waals surface area contributed by atoms with Crippen LogP contribution in [0.15, 0.2) is 12.1 Å². The van der Waals surface area contributed by atoms with Gasteiger partial charge in [0.1, 0.15) is 0 Å². The van der Waals surface area contributed by atoms with Crippen molar-refractivity contribution in [2.75, 3.05) is 13.7 Å². The molecule has 1 aliphatic carbocycles. The molecule has 0 atom stereocenters. The first kappa shape index (κ1) is 10.6. The van der Waals surface area contributed by atoms with Gasteiger partial charge < -0.3 is 15.6 Å². The Hall–Kier alpha value is -0.930. The molecule has 1 saturated carbocycles. The monoisotopic (exact) mass is 227 g/mol. The predicted octanol–water partition coefficient (Wildman–Crippen LogP) is 2.04. The molecule has 15 heavy (non-hydrogen) atoms. The number of hydrogen-bond acceptors (Lipinski definition) is 3. The van der Waals surface area contributed by atoms with E-state index in [-0.39, 0.29) is 11.2 Å². The Kier molecular flexibility index (Phi) is 2.52. The minimum absolute atomic E-state index is 0.0536. The van der Waals surface area contributed by atoms with E-state index >= 15 is 0 Å². The van der Waals surface area contributed by atoms with Gasteiger partial charge in [0.05, 0.1) is 12.1 Å². The van der Waals surface area contributed by atoms with Crippen molar-refractivity contribution >= 4 is 11.6 Å². The summed E-state index contributed by atoms with van der Waals surface area (Å²) in [5, 5.41) is 10.4. The maximum absolute atomic E-state index is 10.0. The third-order valence-electron chi connectivity index (χ3n) is 3.10. The molecule has 0 amide bonds. The number of halogens is 1. The Bertz CT molecular complexity index is 388. The van der Waals surface area contributed by atoms with Crippen molar-refractivity contribution in [3.8, 4) is 11.5 Å². The van der Waals surface area contributed by atoms with Gasteiger partial charge in [0, 0.05) is 17.5 Å². The van der Waals surface area contributed by atoms with Crippen LogP contribution in [0, 0.1) is 0 Å². The van der Waals surface area contributed by atoms with Gasteiger partial charge in [0.2, 0.25) is 0 Å². The van der Waals surface area contributed by atoms with Crippen molar-refractivity contribution in [2.45, 2.75) is 18.3 Å². The highest BCUT2D eigenvalue weighted by Gasteiger charge is 2.45. The van der Waals surface area contributed by atoms with Crippen LogP contribution in [0.3, 0.4) is 0 Å². The Labute approximate surface area is 93.8 Å². The van der Waals surface area contributed by atoms with Crippen molar-refractivity contribution < 1.29 is 9.84 Å². The second-order valence-corrected chi connectivity index (χ2v) is 4.37. The smallest absolute Gasteiger partial charge is 0.179 e. The maximum Gasteiger partial charge on any atom is 0.179 e.